The number of benzene rings is 1. The van der Waals surface area contributed by atoms with Crippen LogP contribution in [0.5, 0.6) is 0 Å². The molecule has 3 nitrogen and oxygen atoms in total. The number of hydrogen-bond donors (Lipinski definition) is 1. The fraction of sp³-hybridized carbons (Fsp3) is 0.143. The standard InChI is InChI=1S/C14H12ClFN2O/c1-9-5-6-10(7-11(9)16)8-17-14(19)12-3-2-4-13(15)18-12/h2-7H,8H2,1H3,(H,17,19). The van der Waals surface area contributed by atoms with Crippen molar-refractivity contribution in [2.24, 2.45) is 0 Å². The zero-order valence-corrected chi connectivity index (χ0v) is 11.0. The molecular formula is C14H12ClFN2O. The van der Waals surface area contributed by atoms with Crippen molar-refractivity contribution in [2.45, 2.75) is 13.5 Å². The van der Waals surface area contributed by atoms with E-state index in [2.05, 4.69) is 10.3 Å². The molecule has 0 saturated carbocycles. The smallest absolute Gasteiger partial charge is 0.270 e. The normalized spacial score (nSPS) is 10.3. The number of rotatable bonds is 3. The summed E-state index contributed by atoms with van der Waals surface area (Å²) in [5.74, 6) is -0.629. The predicted molar refractivity (Wildman–Crippen MR) is 71.6 cm³/mol. The Hall–Kier alpha value is -1.94. The minimum Gasteiger partial charge on any atom is -0.347 e. The lowest BCUT2D eigenvalue weighted by atomic mass is 10.1. The van der Waals surface area contributed by atoms with Crippen LogP contribution in [-0.4, -0.2) is 10.9 Å². The van der Waals surface area contributed by atoms with Gasteiger partial charge in [0.15, 0.2) is 0 Å². The highest BCUT2D eigenvalue weighted by atomic mass is 35.5. The van der Waals surface area contributed by atoms with Gasteiger partial charge in [-0.05, 0) is 36.2 Å². The molecule has 19 heavy (non-hydrogen) atoms. The summed E-state index contributed by atoms with van der Waals surface area (Å²) >= 11 is 5.70. The highest BCUT2D eigenvalue weighted by molar-refractivity contribution is 6.29. The second kappa shape index (κ2) is 5.80. The zero-order chi connectivity index (χ0) is 13.8. The van der Waals surface area contributed by atoms with Gasteiger partial charge < -0.3 is 5.32 Å². The fourth-order valence-electron chi connectivity index (χ4n) is 1.55. The van der Waals surface area contributed by atoms with Gasteiger partial charge in [0.1, 0.15) is 16.7 Å². The highest BCUT2D eigenvalue weighted by Crippen LogP contribution is 2.09. The third-order valence-corrected chi connectivity index (χ3v) is 2.85. The van der Waals surface area contributed by atoms with Crippen molar-refractivity contribution in [1.29, 1.82) is 0 Å². The summed E-state index contributed by atoms with van der Waals surface area (Å²) in [4.78, 5) is 15.7. The van der Waals surface area contributed by atoms with Gasteiger partial charge in [0, 0.05) is 6.54 Å². The van der Waals surface area contributed by atoms with Crippen LogP contribution < -0.4 is 5.32 Å². The molecule has 0 atom stereocenters. The minimum atomic E-state index is -0.344. The molecule has 1 aromatic heterocycles. The van der Waals surface area contributed by atoms with E-state index in [9.17, 15) is 9.18 Å². The van der Waals surface area contributed by atoms with E-state index in [1.165, 1.54) is 6.07 Å². The number of nitrogens with one attached hydrogen (secondary N) is 1. The average molecular weight is 279 g/mol. The maximum absolute atomic E-state index is 13.3. The van der Waals surface area contributed by atoms with Crippen molar-refractivity contribution in [3.8, 4) is 0 Å². The third kappa shape index (κ3) is 3.51. The van der Waals surface area contributed by atoms with Gasteiger partial charge >= 0.3 is 0 Å². The number of nitrogens with zero attached hydrogens (tertiary/aromatic N) is 1. The number of carbonyl (C=O) groups is 1. The molecule has 0 spiro atoms. The number of hydrogen-bond acceptors (Lipinski definition) is 2. The number of aromatic nitrogens is 1. The van der Waals surface area contributed by atoms with Gasteiger partial charge in [-0.2, -0.15) is 0 Å². The SMILES string of the molecule is Cc1ccc(CNC(=O)c2cccc(Cl)n2)cc1F. The number of amides is 1. The maximum Gasteiger partial charge on any atom is 0.270 e. The predicted octanol–water partition coefficient (Wildman–Crippen LogP) is 3.11. The number of carbonyl (C=O) groups excluding carboxylic acids is 1. The molecule has 1 amide bonds. The molecule has 0 saturated heterocycles. The molecule has 1 aromatic carbocycles. The molecule has 5 heteroatoms. The first-order valence-corrected chi connectivity index (χ1v) is 6.10. The minimum absolute atomic E-state index is 0.236. The molecule has 98 valence electrons. The molecule has 0 bridgehead atoms. The third-order valence-electron chi connectivity index (χ3n) is 2.64. The van der Waals surface area contributed by atoms with Crippen molar-refractivity contribution in [3.05, 3.63) is 64.2 Å². The second-order valence-corrected chi connectivity index (χ2v) is 4.50. The summed E-state index contributed by atoms with van der Waals surface area (Å²) in [6.45, 7) is 1.93. The highest BCUT2D eigenvalue weighted by Gasteiger charge is 2.07. The van der Waals surface area contributed by atoms with Gasteiger partial charge in [-0.3, -0.25) is 4.79 Å². The molecule has 1 N–H and O–H groups in total. The van der Waals surface area contributed by atoms with Crippen LogP contribution in [0.3, 0.4) is 0 Å². The Bertz CT molecular complexity index is 616. The topological polar surface area (TPSA) is 42.0 Å². The molecule has 0 aliphatic rings. The second-order valence-electron chi connectivity index (χ2n) is 4.11. The van der Waals surface area contributed by atoms with Crippen LogP contribution in [0, 0.1) is 12.7 Å². The lowest BCUT2D eigenvalue weighted by Gasteiger charge is -2.06. The Morgan fingerprint density at radius 3 is 2.84 bits per heavy atom. The maximum atomic E-state index is 13.3. The van der Waals surface area contributed by atoms with Crippen LogP contribution in [0.1, 0.15) is 21.6 Å². The molecule has 1 heterocycles. The van der Waals surface area contributed by atoms with Crippen molar-refractivity contribution in [3.63, 3.8) is 0 Å². The van der Waals surface area contributed by atoms with Crippen LogP contribution in [0.4, 0.5) is 4.39 Å². The van der Waals surface area contributed by atoms with Crippen molar-refractivity contribution >= 4 is 17.5 Å². The molecule has 0 radical (unpaired) electrons. The summed E-state index contributed by atoms with van der Waals surface area (Å²) in [7, 11) is 0. The van der Waals surface area contributed by atoms with Gasteiger partial charge in [-0.1, -0.05) is 29.8 Å². The van der Waals surface area contributed by atoms with Crippen molar-refractivity contribution < 1.29 is 9.18 Å². The molecule has 2 aromatic rings. The van der Waals surface area contributed by atoms with E-state index in [0.29, 0.717) is 11.1 Å². The van der Waals surface area contributed by atoms with Crippen LogP contribution >= 0.6 is 11.6 Å². The van der Waals surface area contributed by atoms with Gasteiger partial charge in [-0.25, -0.2) is 9.37 Å². The van der Waals surface area contributed by atoms with E-state index in [0.717, 1.165) is 0 Å². The molecule has 0 aliphatic heterocycles. The summed E-state index contributed by atoms with van der Waals surface area (Å²) < 4.78 is 13.3. The Morgan fingerprint density at radius 1 is 1.37 bits per heavy atom. The lowest BCUT2D eigenvalue weighted by Crippen LogP contribution is -2.23. The largest absolute Gasteiger partial charge is 0.347 e. The molecule has 0 aliphatic carbocycles. The van der Waals surface area contributed by atoms with Gasteiger partial charge in [0.25, 0.3) is 5.91 Å². The summed E-state index contributed by atoms with van der Waals surface area (Å²) in [5.41, 5.74) is 1.50. The lowest BCUT2D eigenvalue weighted by molar-refractivity contribution is 0.0946. The Kier molecular flexibility index (Phi) is 4.12. The summed E-state index contributed by atoms with van der Waals surface area (Å²) in [6, 6.07) is 9.65. The van der Waals surface area contributed by atoms with Gasteiger partial charge in [0.2, 0.25) is 0 Å². The first kappa shape index (κ1) is 13.5. The molecule has 0 unspecified atom stereocenters. The van der Waals surface area contributed by atoms with Crippen LogP contribution in [-0.2, 0) is 6.54 Å². The van der Waals surface area contributed by atoms with Gasteiger partial charge in [0.05, 0.1) is 0 Å². The average Bonchev–Trinajstić information content (AvgIpc) is 2.40. The zero-order valence-electron chi connectivity index (χ0n) is 10.3. The fourth-order valence-corrected chi connectivity index (χ4v) is 1.72. The Morgan fingerprint density at radius 2 is 2.16 bits per heavy atom. The summed E-state index contributed by atoms with van der Waals surface area (Å²) in [5, 5.41) is 2.92. The van der Waals surface area contributed by atoms with Crippen LogP contribution in [0.25, 0.3) is 0 Å². The molecule has 0 fully saturated rings. The number of halogens is 2. The monoisotopic (exact) mass is 278 g/mol. The van der Waals surface area contributed by atoms with Crippen molar-refractivity contribution in [2.75, 3.05) is 0 Å². The molecule has 2 rings (SSSR count). The van der Waals surface area contributed by atoms with Crippen LogP contribution in [0.15, 0.2) is 36.4 Å². The summed E-state index contributed by atoms with van der Waals surface area (Å²) in [6.07, 6.45) is 0. The van der Waals surface area contributed by atoms with E-state index >= 15 is 0 Å². The number of pyridine rings is 1. The first-order valence-electron chi connectivity index (χ1n) is 5.72. The Balaban J connectivity index is 2.02. The van der Waals surface area contributed by atoms with E-state index < -0.39 is 0 Å². The molecular weight excluding hydrogens is 267 g/mol. The van der Waals surface area contributed by atoms with E-state index in [4.69, 9.17) is 11.6 Å². The van der Waals surface area contributed by atoms with Gasteiger partial charge in [-0.15, -0.1) is 0 Å². The number of aryl methyl sites for hydroxylation is 1. The van der Waals surface area contributed by atoms with Crippen LogP contribution in [0.2, 0.25) is 5.15 Å². The van der Waals surface area contributed by atoms with E-state index in [1.54, 1.807) is 37.3 Å². The van der Waals surface area contributed by atoms with Crippen molar-refractivity contribution in [1.82, 2.24) is 10.3 Å². The quantitative estimate of drug-likeness (QED) is 0.877. The Labute approximate surface area is 115 Å². The van der Waals surface area contributed by atoms with E-state index in [-0.39, 0.29) is 29.1 Å². The van der Waals surface area contributed by atoms with E-state index in [1.807, 2.05) is 0 Å². The first-order chi connectivity index (χ1) is 9.06.